The maximum absolute atomic E-state index is 13.1. The van der Waals surface area contributed by atoms with Gasteiger partial charge in [0.2, 0.25) is 11.8 Å². The van der Waals surface area contributed by atoms with Crippen LogP contribution in [0.5, 0.6) is 0 Å². The average Bonchev–Trinajstić information content (AvgIpc) is 3.14. The standard InChI is InChI=1S/C14H20N4O4S2/c1-8(2)12-16-17-13(22-12)11-7-21-6-5-18(11)24(19,20)14-9(3)15-10(4)23-14/h8,11H,5-7H2,1-4H3. The van der Waals surface area contributed by atoms with Gasteiger partial charge in [-0.1, -0.05) is 13.8 Å². The summed E-state index contributed by atoms with van der Waals surface area (Å²) >= 11 is 1.17. The highest BCUT2D eigenvalue weighted by Gasteiger charge is 2.40. The first kappa shape index (κ1) is 17.5. The first-order chi connectivity index (χ1) is 11.3. The van der Waals surface area contributed by atoms with Crippen molar-refractivity contribution in [1.29, 1.82) is 0 Å². The summed E-state index contributed by atoms with van der Waals surface area (Å²) in [6, 6.07) is -0.620. The van der Waals surface area contributed by atoms with E-state index in [0.29, 0.717) is 18.2 Å². The molecule has 10 heteroatoms. The smallest absolute Gasteiger partial charge is 0.255 e. The van der Waals surface area contributed by atoms with Gasteiger partial charge in [0.05, 0.1) is 23.9 Å². The molecule has 1 aliphatic rings. The molecular formula is C14H20N4O4S2. The number of thiazole rings is 1. The number of hydrogen-bond acceptors (Lipinski definition) is 8. The monoisotopic (exact) mass is 372 g/mol. The van der Waals surface area contributed by atoms with Gasteiger partial charge in [0, 0.05) is 12.5 Å². The molecule has 132 valence electrons. The van der Waals surface area contributed by atoms with Crippen LogP contribution in [0.1, 0.15) is 48.3 Å². The zero-order valence-electron chi connectivity index (χ0n) is 14.0. The third kappa shape index (κ3) is 3.10. The molecule has 1 unspecified atom stereocenters. The number of ether oxygens (including phenoxy) is 1. The van der Waals surface area contributed by atoms with Crippen LogP contribution in [0.4, 0.5) is 0 Å². The molecule has 0 radical (unpaired) electrons. The molecule has 0 bridgehead atoms. The Morgan fingerprint density at radius 2 is 2.04 bits per heavy atom. The van der Waals surface area contributed by atoms with E-state index in [1.165, 1.54) is 15.6 Å². The Morgan fingerprint density at radius 3 is 2.62 bits per heavy atom. The van der Waals surface area contributed by atoms with Crippen molar-refractivity contribution in [2.45, 2.75) is 43.9 Å². The van der Waals surface area contributed by atoms with E-state index in [9.17, 15) is 8.42 Å². The number of nitrogens with zero attached hydrogens (tertiary/aromatic N) is 4. The highest BCUT2D eigenvalue weighted by atomic mass is 32.2. The molecule has 1 aliphatic heterocycles. The molecule has 3 heterocycles. The van der Waals surface area contributed by atoms with Gasteiger partial charge in [-0.25, -0.2) is 13.4 Å². The zero-order chi connectivity index (χ0) is 17.5. The quantitative estimate of drug-likeness (QED) is 0.809. The van der Waals surface area contributed by atoms with Gasteiger partial charge < -0.3 is 9.15 Å². The molecule has 1 saturated heterocycles. The summed E-state index contributed by atoms with van der Waals surface area (Å²) in [5, 5.41) is 8.75. The molecular weight excluding hydrogens is 352 g/mol. The summed E-state index contributed by atoms with van der Waals surface area (Å²) in [6.07, 6.45) is 0. The highest BCUT2D eigenvalue weighted by Crippen LogP contribution is 2.33. The van der Waals surface area contributed by atoms with Crippen LogP contribution in [-0.4, -0.2) is 47.7 Å². The summed E-state index contributed by atoms with van der Waals surface area (Å²) in [5.74, 6) is 0.825. The van der Waals surface area contributed by atoms with Gasteiger partial charge in [0.15, 0.2) is 4.21 Å². The third-order valence-electron chi connectivity index (χ3n) is 3.72. The number of morpholine rings is 1. The zero-order valence-corrected chi connectivity index (χ0v) is 15.6. The Kier molecular flexibility index (Phi) is 4.73. The van der Waals surface area contributed by atoms with E-state index in [-0.39, 0.29) is 29.2 Å². The second kappa shape index (κ2) is 6.51. The van der Waals surface area contributed by atoms with Crippen LogP contribution in [0.25, 0.3) is 0 Å². The van der Waals surface area contributed by atoms with Gasteiger partial charge in [-0.2, -0.15) is 4.31 Å². The molecule has 3 rings (SSSR count). The van der Waals surface area contributed by atoms with Gasteiger partial charge in [-0.3, -0.25) is 0 Å². The molecule has 0 N–H and O–H groups in total. The van der Waals surface area contributed by atoms with Crippen molar-refractivity contribution in [2.75, 3.05) is 19.8 Å². The van der Waals surface area contributed by atoms with Crippen molar-refractivity contribution in [3.8, 4) is 0 Å². The van der Waals surface area contributed by atoms with Gasteiger partial charge in [0.1, 0.15) is 6.04 Å². The fraction of sp³-hybridized carbons (Fsp3) is 0.643. The van der Waals surface area contributed by atoms with Crippen molar-refractivity contribution in [3.63, 3.8) is 0 Å². The first-order valence-electron chi connectivity index (χ1n) is 7.67. The van der Waals surface area contributed by atoms with Gasteiger partial charge >= 0.3 is 0 Å². The van der Waals surface area contributed by atoms with Gasteiger partial charge in [0.25, 0.3) is 10.0 Å². The van der Waals surface area contributed by atoms with E-state index >= 15 is 0 Å². The number of aryl methyl sites for hydroxylation is 2. The Hall–Kier alpha value is -1.36. The Bertz CT molecular complexity index is 828. The van der Waals surface area contributed by atoms with Crippen LogP contribution in [-0.2, 0) is 14.8 Å². The molecule has 8 nitrogen and oxygen atoms in total. The number of rotatable bonds is 4. The van der Waals surface area contributed by atoms with Crippen LogP contribution in [0.15, 0.2) is 8.63 Å². The van der Waals surface area contributed by atoms with Crippen LogP contribution in [0.2, 0.25) is 0 Å². The topological polar surface area (TPSA) is 98.4 Å². The second-order valence-electron chi connectivity index (χ2n) is 5.95. The van der Waals surface area contributed by atoms with Crippen molar-refractivity contribution >= 4 is 21.4 Å². The summed E-state index contributed by atoms with van der Waals surface area (Å²) in [4.78, 5) is 4.23. The number of aromatic nitrogens is 3. The summed E-state index contributed by atoms with van der Waals surface area (Å²) in [6.45, 7) is 8.13. The van der Waals surface area contributed by atoms with Gasteiger partial charge in [-0.05, 0) is 13.8 Å². The lowest BCUT2D eigenvalue weighted by Gasteiger charge is -2.31. The summed E-state index contributed by atoms with van der Waals surface area (Å²) in [7, 11) is -3.70. The van der Waals surface area contributed by atoms with E-state index in [2.05, 4.69) is 15.2 Å². The molecule has 1 fully saturated rings. The van der Waals surface area contributed by atoms with Crippen LogP contribution < -0.4 is 0 Å². The maximum atomic E-state index is 13.1. The van der Waals surface area contributed by atoms with Crippen molar-refractivity contribution in [3.05, 3.63) is 22.5 Å². The Balaban J connectivity index is 1.98. The molecule has 24 heavy (non-hydrogen) atoms. The molecule has 2 aromatic heterocycles. The minimum Gasteiger partial charge on any atom is -0.423 e. The lowest BCUT2D eigenvalue weighted by Crippen LogP contribution is -2.43. The average molecular weight is 372 g/mol. The largest absolute Gasteiger partial charge is 0.423 e. The normalized spacial score (nSPS) is 20.0. The molecule has 0 aliphatic carbocycles. The van der Waals surface area contributed by atoms with Crippen molar-refractivity contribution in [1.82, 2.24) is 19.5 Å². The van der Waals surface area contributed by atoms with Crippen LogP contribution >= 0.6 is 11.3 Å². The maximum Gasteiger partial charge on any atom is 0.255 e. The minimum atomic E-state index is -3.70. The lowest BCUT2D eigenvalue weighted by molar-refractivity contribution is 0.0220. The lowest BCUT2D eigenvalue weighted by atomic mass is 10.2. The SMILES string of the molecule is Cc1nc(C)c(S(=O)(=O)N2CCOCC2c2nnc(C(C)C)o2)s1. The van der Waals surface area contributed by atoms with E-state index in [4.69, 9.17) is 9.15 Å². The molecule has 0 spiro atoms. The summed E-state index contributed by atoms with van der Waals surface area (Å²) < 4.78 is 39.0. The molecule has 0 saturated carbocycles. The molecule has 0 amide bonds. The number of hydrogen-bond donors (Lipinski definition) is 0. The van der Waals surface area contributed by atoms with E-state index in [1.54, 1.807) is 13.8 Å². The first-order valence-corrected chi connectivity index (χ1v) is 9.93. The Morgan fingerprint density at radius 1 is 1.29 bits per heavy atom. The van der Waals surface area contributed by atoms with Crippen LogP contribution in [0, 0.1) is 13.8 Å². The molecule has 2 aromatic rings. The number of sulfonamides is 1. The minimum absolute atomic E-state index is 0.0761. The molecule has 0 aromatic carbocycles. The predicted molar refractivity (Wildman–Crippen MR) is 87.4 cm³/mol. The highest BCUT2D eigenvalue weighted by molar-refractivity contribution is 7.91. The predicted octanol–water partition coefficient (Wildman–Crippen LogP) is 2.03. The van der Waals surface area contributed by atoms with E-state index in [1.807, 2.05) is 13.8 Å². The van der Waals surface area contributed by atoms with Crippen molar-refractivity contribution < 1.29 is 17.6 Å². The van der Waals surface area contributed by atoms with E-state index in [0.717, 1.165) is 5.01 Å². The van der Waals surface area contributed by atoms with Crippen LogP contribution in [0.3, 0.4) is 0 Å². The second-order valence-corrected chi connectivity index (χ2v) is 9.23. The fourth-order valence-corrected chi connectivity index (χ4v) is 5.69. The third-order valence-corrected chi connectivity index (χ3v) is 7.29. The fourth-order valence-electron chi connectivity index (χ4n) is 2.54. The Labute approximate surface area is 144 Å². The van der Waals surface area contributed by atoms with E-state index < -0.39 is 16.1 Å². The summed E-state index contributed by atoms with van der Waals surface area (Å²) in [5.41, 5.74) is 0.510. The molecule has 1 atom stereocenters. The van der Waals surface area contributed by atoms with Crippen molar-refractivity contribution in [2.24, 2.45) is 0 Å². The van der Waals surface area contributed by atoms with Gasteiger partial charge in [-0.15, -0.1) is 21.5 Å².